The van der Waals surface area contributed by atoms with E-state index in [4.69, 9.17) is 0 Å². The lowest BCUT2D eigenvalue weighted by Crippen LogP contribution is -2.48. The summed E-state index contributed by atoms with van der Waals surface area (Å²) in [6, 6.07) is 8.67. The van der Waals surface area contributed by atoms with Crippen LogP contribution in [-0.2, 0) is 11.2 Å². The number of piperidine rings is 1. The summed E-state index contributed by atoms with van der Waals surface area (Å²) < 4.78 is 0. The lowest BCUT2D eigenvalue weighted by atomic mass is 9.97. The maximum Gasteiger partial charge on any atom is 0.242 e. The van der Waals surface area contributed by atoms with Crippen molar-refractivity contribution in [2.75, 3.05) is 25.5 Å². The maximum absolute atomic E-state index is 12.4. The Morgan fingerprint density at radius 1 is 1.33 bits per heavy atom. The topological polar surface area (TPSA) is 44.4 Å². The van der Waals surface area contributed by atoms with Gasteiger partial charge in [0.05, 0.1) is 0 Å². The minimum Gasteiger partial charge on any atom is -0.373 e. The van der Waals surface area contributed by atoms with Crippen molar-refractivity contribution in [3.8, 4) is 0 Å². The molecule has 114 valence electrons. The molecule has 2 atom stereocenters. The Bertz CT molecular complexity index is 503. The molecule has 0 spiro atoms. The highest BCUT2D eigenvalue weighted by atomic mass is 16.2. The average Bonchev–Trinajstić information content (AvgIpc) is 2.53. The number of carbonyl (C=O) groups excluding carboxylic acids is 1. The van der Waals surface area contributed by atoms with E-state index in [9.17, 15) is 4.79 Å². The quantitative estimate of drug-likeness (QED) is 0.894. The molecule has 0 bridgehead atoms. The molecule has 2 heterocycles. The Hall–Kier alpha value is -1.55. The van der Waals surface area contributed by atoms with E-state index >= 15 is 0 Å². The number of aryl methyl sites for hydroxylation is 1. The molecule has 2 N–H and O–H groups in total. The Labute approximate surface area is 126 Å². The summed E-state index contributed by atoms with van der Waals surface area (Å²) in [7, 11) is 2.16. The molecule has 2 unspecified atom stereocenters. The number of nitrogens with one attached hydrogen (secondary N) is 2. The van der Waals surface area contributed by atoms with Crippen LogP contribution in [0, 0.1) is 0 Å². The summed E-state index contributed by atoms with van der Waals surface area (Å²) in [5.74, 6) is 0.142. The molecule has 1 amide bonds. The number of likely N-dealkylation sites (tertiary alicyclic amines) is 1. The van der Waals surface area contributed by atoms with Crippen molar-refractivity contribution in [2.45, 2.75) is 44.2 Å². The van der Waals surface area contributed by atoms with Gasteiger partial charge in [-0.15, -0.1) is 0 Å². The largest absolute Gasteiger partial charge is 0.373 e. The fraction of sp³-hybridized carbons (Fsp3) is 0.588. The highest BCUT2D eigenvalue weighted by molar-refractivity contribution is 5.85. The summed E-state index contributed by atoms with van der Waals surface area (Å²) in [5, 5.41) is 6.51. The zero-order valence-electron chi connectivity index (χ0n) is 12.8. The molecule has 1 fully saturated rings. The van der Waals surface area contributed by atoms with E-state index in [1.165, 1.54) is 24.8 Å². The van der Waals surface area contributed by atoms with Gasteiger partial charge in [0.2, 0.25) is 5.91 Å². The number of likely N-dealkylation sites (N-methyl/N-ethyl adjacent to an activating group) is 1. The molecule has 4 heteroatoms. The molecule has 4 nitrogen and oxygen atoms in total. The molecule has 1 aromatic carbocycles. The van der Waals surface area contributed by atoms with Crippen molar-refractivity contribution >= 4 is 11.6 Å². The van der Waals surface area contributed by atoms with Gasteiger partial charge < -0.3 is 15.5 Å². The number of para-hydroxylation sites is 1. The number of carbonyl (C=O) groups is 1. The molecule has 3 rings (SSSR count). The van der Waals surface area contributed by atoms with Gasteiger partial charge in [0.1, 0.15) is 6.04 Å². The summed E-state index contributed by atoms with van der Waals surface area (Å²) in [4.78, 5) is 14.7. The lowest BCUT2D eigenvalue weighted by Gasteiger charge is -2.33. The van der Waals surface area contributed by atoms with E-state index in [1.807, 2.05) is 6.07 Å². The SMILES string of the molecule is CN1CCCCC1CNC(=O)C1CCc2ccccc2N1. The number of rotatable bonds is 3. The van der Waals surface area contributed by atoms with Gasteiger partial charge in [0.15, 0.2) is 0 Å². The van der Waals surface area contributed by atoms with Crippen molar-refractivity contribution in [3.05, 3.63) is 29.8 Å². The lowest BCUT2D eigenvalue weighted by molar-refractivity contribution is -0.122. The molecule has 2 aliphatic rings. The van der Waals surface area contributed by atoms with Gasteiger partial charge in [-0.1, -0.05) is 24.6 Å². The Kier molecular flexibility index (Phi) is 4.44. The molecular weight excluding hydrogens is 262 g/mol. The highest BCUT2D eigenvalue weighted by Gasteiger charge is 2.25. The Morgan fingerprint density at radius 2 is 2.19 bits per heavy atom. The van der Waals surface area contributed by atoms with Crippen LogP contribution in [0.1, 0.15) is 31.2 Å². The normalized spacial score (nSPS) is 25.8. The molecule has 1 saturated heterocycles. The molecule has 0 aliphatic carbocycles. The number of benzene rings is 1. The summed E-state index contributed by atoms with van der Waals surface area (Å²) in [6.45, 7) is 1.92. The van der Waals surface area contributed by atoms with Crippen molar-refractivity contribution in [1.29, 1.82) is 0 Å². The summed E-state index contributed by atoms with van der Waals surface area (Å²) in [6.07, 6.45) is 5.60. The van der Waals surface area contributed by atoms with Crippen LogP contribution in [0.15, 0.2) is 24.3 Å². The fourth-order valence-corrected chi connectivity index (χ4v) is 3.38. The van der Waals surface area contributed by atoms with Crippen LogP contribution >= 0.6 is 0 Å². The van der Waals surface area contributed by atoms with Crippen molar-refractivity contribution in [1.82, 2.24) is 10.2 Å². The van der Waals surface area contributed by atoms with E-state index in [-0.39, 0.29) is 11.9 Å². The van der Waals surface area contributed by atoms with E-state index in [2.05, 4.69) is 40.8 Å². The second-order valence-electron chi connectivity index (χ2n) is 6.27. The third-order valence-electron chi connectivity index (χ3n) is 4.80. The number of fused-ring (bicyclic) bond motifs is 1. The summed E-state index contributed by atoms with van der Waals surface area (Å²) >= 11 is 0. The van der Waals surface area contributed by atoms with Gasteiger partial charge in [0, 0.05) is 18.3 Å². The van der Waals surface area contributed by atoms with Gasteiger partial charge in [-0.05, 0) is 50.9 Å². The first-order valence-electron chi connectivity index (χ1n) is 8.06. The Balaban J connectivity index is 1.52. The van der Waals surface area contributed by atoms with Crippen LogP contribution in [-0.4, -0.2) is 43.0 Å². The second-order valence-corrected chi connectivity index (χ2v) is 6.27. The number of nitrogens with zero attached hydrogens (tertiary/aromatic N) is 1. The zero-order valence-corrected chi connectivity index (χ0v) is 12.8. The van der Waals surface area contributed by atoms with Gasteiger partial charge in [-0.3, -0.25) is 4.79 Å². The zero-order chi connectivity index (χ0) is 14.7. The number of hydrogen-bond donors (Lipinski definition) is 2. The Morgan fingerprint density at radius 3 is 3.05 bits per heavy atom. The van der Waals surface area contributed by atoms with Crippen LogP contribution in [0.4, 0.5) is 5.69 Å². The number of hydrogen-bond acceptors (Lipinski definition) is 3. The summed E-state index contributed by atoms with van der Waals surface area (Å²) in [5.41, 5.74) is 2.42. The molecule has 0 aromatic heterocycles. The fourth-order valence-electron chi connectivity index (χ4n) is 3.38. The van der Waals surface area contributed by atoms with Gasteiger partial charge >= 0.3 is 0 Å². The van der Waals surface area contributed by atoms with Gasteiger partial charge in [-0.2, -0.15) is 0 Å². The highest BCUT2D eigenvalue weighted by Crippen LogP contribution is 2.24. The van der Waals surface area contributed by atoms with Crippen LogP contribution in [0.2, 0.25) is 0 Å². The van der Waals surface area contributed by atoms with Crippen LogP contribution in [0.25, 0.3) is 0 Å². The van der Waals surface area contributed by atoms with Crippen molar-refractivity contribution in [3.63, 3.8) is 0 Å². The third kappa shape index (κ3) is 3.38. The predicted molar refractivity (Wildman–Crippen MR) is 85.5 cm³/mol. The maximum atomic E-state index is 12.4. The van der Waals surface area contributed by atoms with E-state index in [0.29, 0.717) is 6.04 Å². The average molecular weight is 287 g/mol. The minimum absolute atomic E-state index is 0.0891. The van der Waals surface area contributed by atoms with Crippen molar-refractivity contribution in [2.24, 2.45) is 0 Å². The predicted octanol–water partition coefficient (Wildman–Crippen LogP) is 2.01. The standard InChI is InChI=1S/C17H25N3O/c1-20-11-5-4-7-14(20)12-18-17(21)16-10-9-13-6-2-3-8-15(13)19-16/h2-3,6,8,14,16,19H,4-5,7,9-12H2,1H3,(H,18,21). The van der Waals surface area contributed by atoms with Crippen LogP contribution in [0.5, 0.6) is 0 Å². The number of anilines is 1. The van der Waals surface area contributed by atoms with Gasteiger partial charge in [-0.25, -0.2) is 0 Å². The molecule has 0 saturated carbocycles. The first-order valence-corrected chi connectivity index (χ1v) is 8.06. The smallest absolute Gasteiger partial charge is 0.242 e. The molecule has 0 radical (unpaired) electrons. The molecule has 21 heavy (non-hydrogen) atoms. The third-order valence-corrected chi connectivity index (χ3v) is 4.80. The van der Waals surface area contributed by atoms with Gasteiger partial charge in [0.25, 0.3) is 0 Å². The first-order chi connectivity index (χ1) is 10.2. The minimum atomic E-state index is -0.0891. The van der Waals surface area contributed by atoms with Crippen LogP contribution in [0.3, 0.4) is 0 Å². The molecule has 2 aliphatic heterocycles. The first kappa shape index (κ1) is 14.4. The number of amides is 1. The van der Waals surface area contributed by atoms with Crippen molar-refractivity contribution < 1.29 is 4.79 Å². The van der Waals surface area contributed by atoms with E-state index < -0.39 is 0 Å². The van der Waals surface area contributed by atoms with E-state index in [0.717, 1.165) is 31.6 Å². The van der Waals surface area contributed by atoms with E-state index in [1.54, 1.807) is 0 Å². The second kappa shape index (κ2) is 6.48. The monoisotopic (exact) mass is 287 g/mol. The molecule has 1 aromatic rings. The van der Waals surface area contributed by atoms with Crippen LogP contribution < -0.4 is 10.6 Å². The molecular formula is C17H25N3O.